The Morgan fingerprint density at radius 2 is 1.28 bits per heavy atom. The summed E-state index contributed by atoms with van der Waals surface area (Å²) in [5.41, 5.74) is -5.61. The van der Waals surface area contributed by atoms with Gasteiger partial charge in [0, 0.05) is 24.5 Å². The van der Waals surface area contributed by atoms with Crippen LogP contribution in [0.25, 0.3) is 0 Å². The standard InChI is InChI=1S/C19H12F4O3S3/c20-13-9-11-14(12-10-13)28(26-29(24,25)19(21,22)23)17-7-3-1-5-15(17)27-16-6-2-4-8-18(16)28/h1-12H. The molecule has 1 heterocycles. The Hall–Kier alpha value is -2.01. The summed E-state index contributed by atoms with van der Waals surface area (Å²) in [4.78, 5) is 1.91. The lowest BCUT2D eigenvalue weighted by atomic mass is 10.3. The molecule has 0 bridgehead atoms. The lowest BCUT2D eigenvalue weighted by Crippen LogP contribution is -2.28. The van der Waals surface area contributed by atoms with Gasteiger partial charge >= 0.3 is 15.6 Å². The van der Waals surface area contributed by atoms with E-state index >= 15 is 0 Å². The zero-order chi connectivity index (χ0) is 20.9. The molecular formula is C19H12F4O3S3. The van der Waals surface area contributed by atoms with Crippen molar-refractivity contribution in [3.05, 3.63) is 78.6 Å². The van der Waals surface area contributed by atoms with Crippen LogP contribution >= 0.6 is 22.1 Å². The molecule has 4 rings (SSSR count). The van der Waals surface area contributed by atoms with Gasteiger partial charge in [-0.15, -0.1) is 0 Å². The molecule has 3 aromatic carbocycles. The summed E-state index contributed by atoms with van der Waals surface area (Å²) in [5.74, 6) is -0.603. The summed E-state index contributed by atoms with van der Waals surface area (Å²) >= 11 is 1.31. The number of fused-ring (bicyclic) bond motifs is 2. The maximum Gasteiger partial charge on any atom is 0.524 e. The molecular weight excluding hydrogens is 448 g/mol. The quantitative estimate of drug-likeness (QED) is 0.337. The monoisotopic (exact) mass is 460 g/mol. The lowest BCUT2D eigenvalue weighted by molar-refractivity contribution is -0.0496. The molecule has 0 amide bonds. The molecule has 0 spiro atoms. The first kappa shape index (κ1) is 20.3. The van der Waals surface area contributed by atoms with Crippen LogP contribution in [0.1, 0.15) is 0 Å². The van der Waals surface area contributed by atoms with Gasteiger partial charge in [-0.1, -0.05) is 36.0 Å². The van der Waals surface area contributed by atoms with E-state index in [1.165, 1.54) is 23.9 Å². The highest BCUT2D eigenvalue weighted by atomic mass is 32.3. The van der Waals surface area contributed by atoms with Crippen LogP contribution < -0.4 is 0 Å². The minimum atomic E-state index is -5.97. The Morgan fingerprint density at radius 3 is 1.76 bits per heavy atom. The zero-order valence-corrected chi connectivity index (χ0v) is 16.8. The molecule has 1 aliphatic rings. The fraction of sp³-hybridized carbons (Fsp3) is 0.0526. The second-order valence-electron chi connectivity index (χ2n) is 5.97. The molecule has 0 atom stereocenters. The van der Waals surface area contributed by atoms with Gasteiger partial charge in [-0.25, -0.2) is 4.39 Å². The first-order chi connectivity index (χ1) is 13.6. The summed E-state index contributed by atoms with van der Waals surface area (Å²) in [7, 11) is -9.31. The molecule has 0 aliphatic carbocycles. The van der Waals surface area contributed by atoms with E-state index in [4.69, 9.17) is 3.63 Å². The molecule has 152 valence electrons. The van der Waals surface area contributed by atoms with E-state index in [1.807, 2.05) is 0 Å². The molecule has 29 heavy (non-hydrogen) atoms. The highest BCUT2D eigenvalue weighted by Crippen LogP contribution is 2.76. The minimum Gasteiger partial charge on any atom is -0.207 e. The third-order valence-electron chi connectivity index (χ3n) is 4.16. The van der Waals surface area contributed by atoms with E-state index in [1.54, 1.807) is 48.5 Å². The number of halogens is 4. The van der Waals surface area contributed by atoms with E-state index in [9.17, 15) is 26.0 Å². The van der Waals surface area contributed by atoms with Crippen molar-refractivity contribution >= 4 is 32.2 Å². The van der Waals surface area contributed by atoms with Crippen molar-refractivity contribution in [3.8, 4) is 0 Å². The van der Waals surface area contributed by atoms with Gasteiger partial charge in [-0.2, -0.15) is 25.2 Å². The molecule has 0 fully saturated rings. The van der Waals surface area contributed by atoms with Crippen molar-refractivity contribution in [2.24, 2.45) is 0 Å². The normalized spacial score (nSPS) is 16.6. The van der Waals surface area contributed by atoms with Crippen LogP contribution in [-0.2, 0) is 13.7 Å². The van der Waals surface area contributed by atoms with Crippen LogP contribution in [0, 0.1) is 5.82 Å². The maximum absolute atomic E-state index is 13.6. The van der Waals surface area contributed by atoms with Gasteiger partial charge in [-0.3, -0.25) is 0 Å². The predicted octanol–water partition coefficient (Wildman–Crippen LogP) is 6.35. The van der Waals surface area contributed by atoms with Crippen molar-refractivity contribution in [2.75, 3.05) is 0 Å². The van der Waals surface area contributed by atoms with E-state index in [0.29, 0.717) is 19.6 Å². The second kappa shape index (κ2) is 7.05. The van der Waals surface area contributed by atoms with Crippen molar-refractivity contribution in [1.29, 1.82) is 0 Å². The van der Waals surface area contributed by atoms with Crippen LogP contribution in [0.15, 0.2) is 97.3 Å². The molecule has 10 heteroatoms. The fourth-order valence-corrected chi connectivity index (χ4v) is 9.56. The SMILES string of the molecule is O=S(=O)(OS1(c2ccc(F)cc2)c2ccccc2Sc2ccccc21)C(F)(F)F. The smallest absolute Gasteiger partial charge is 0.207 e. The van der Waals surface area contributed by atoms with Crippen molar-refractivity contribution < 1.29 is 29.6 Å². The van der Waals surface area contributed by atoms with Gasteiger partial charge < -0.3 is 0 Å². The summed E-state index contributed by atoms with van der Waals surface area (Å²) in [5, 5.41) is 0. The number of hydrogen-bond acceptors (Lipinski definition) is 4. The number of rotatable bonds is 3. The second-order valence-corrected chi connectivity index (χ2v) is 11.4. The molecule has 3 aromatic rings. The largest absolute Gasteiger partial charge is 0.524 e. The third kappa shape index (κ3) is 3.33. The van der Waals surface area contributed by atoms with E-state index in [2.05, 4.69) is 0 Å². The summed E-state index contributed by atoms with van der Waals surface area (Å²) in [6.45, 7) is 0. The first-order valence-electron chi connectivity index (χ1n) is 8.12. The lowest BCUT2D eigenvalue weighted by Gasteiger charge is -2.43. The Labute approximate surface area is 170 Å². The molecule has 0 N–H and O–H groups in total. The van der Waals surface area contributed by atoms with Crippen LogP contribution in [-0.4, -0.2) is 13.9 Å². The fourth-order valence-electron chi connectivity index (χ4n) is 2.95. The van der Waals surface area contributed by atoms with Gasteiger partial charge in [0.2, 0.25) is 0 Å². The summed E-state index contributed by atoms with van der Waals surface area (Å²) < 4.78 is 83.0. The molecule has 3 nitrogen and oxygen atoms in total. The number of alkyl halides is 3. The van der Waals surface area contributed by atoms with E-state index in [-0.39, 0.29) is 4.90 Å². The molecule has 0 unspecified atom stereocenters. The molecule has 0 aromatic heterocycles. The van der Waals surface area contributed by atoms with Gasteiger partial charge in [-0.05, 0) is 58.8 Å². The van der Waals surface area contributed by atoms with Gasteiger partial charge in [0.1, 0.15) is 5.82 Å². The van der Waals surface area contributed by atoms with E-state index in [0.717, 1.165) is 12.1 Å². The number of hydrogen-bond donors (Lipinski definition) is 0. The average Bonchev–Trinajstić information content (AvgIpc) is 2.67. The Bertz CT molecular complexity index is 1130. The van der Waals surface area contributed by atoms with Gasteiger partial charge in [0.15, 0.2) is 0 Å². The van der Waals surface area contributed by atoms with Crippen LogP contribution in [0.4, 0.5) is 17.6 Å². The van der Waals surface area contributed by atoms with Crippen LogP contribution in [0.3, 0.4) is 0 Å². The molecule has 0 saturated carbocycles. The minimum absolute atomic E-state index is 0.145. The highest BCUT2D eigenvalue weighted by molar-refractivity contribution is 8.33. The Kier molecular flexibility index (Phi) is 4.93. The van der Waals surface area contributed by atoms with Crippen LogP contribution in [0.5, 0.6) is 0 Å². The van der Waals surface area contributed by atoms with E-state index < -0.39 is 31.8 Å². The van der Waals surface area contributed by atoms with Crippen molar-refractivity contribution in [3.63, 3.8) is 0 Å². The van der Waals surface area contributed by atoms with Gasteiger partial charge in [0.05, 0.1) is 0 Å². The summed E-state index contributed by atoms with van der Waals surface area (Å²) in [6.07, 6.45) is 0. The predicted molar refractivity (Wildman–Crippen MR) is 102 cm³/mol. The maximum atomic E-state index is 13.6. The molecule has 0 saturated heterocycles. The Balaban J connectivity index is 2.10. The van der Waals surface area contributed by atoms with Gasteiger partial charge in [0.25, 0.3) is 0 Å². The third-order valence-corrected chi connectivity index (χ3v) is 10.6. The van der Waals surface area contributed by atoms with Crippen molar-refractivity contribution in [1.82, 2.24) is 0 Å². The molecule has 1 aliphatic heterocycles. The zero-order valence-electron chi connectivity index (χ0n) is 14.4. The Morgan fingerprint density at radius 1 is 0.793 bits per heavy atom. The average molecular weight is 460 g/mol. The van der Waals surface area contributed by atoms with Crippen molar-refractivity contribution in [2.45, 2.75) is 30.0 Å². The van der Waals surface area contributed by atoms with Crippen LogP contribution in [0.2, 0.25) is 0 Å². The summed E-state index contributed by atoms with van der Waals surface area (Å²) in [6, 6.07) is 17.7. The first-order valence-corrected chi connectivity index (χ1v) is 11.9. The highest BCUT2D eigenvalue weighted by Gasteiger charge is 2.54. The topological polar surface area (TPSA) is 43.4 Å². The molecule has 0 radical (unpaired) electrons. The number of benzene rings is 3.